The quantitative estimate of drug-likeness (QED) is 0.453. The second-order valence-corrected chi connectivity index (χ2v) is 7.58. The smallest absolute Gasteiger partial charge is 0.321 e. The van der Waals surface area contributed by atoms with E-state index in [1.807, 2.05) is 62.4 Å². The summed E-state index contributed by atoms with van der Waals surface area (Å²) in [6.45, 7) is 3.85. The largest absolute Gasteiger partial charge is 0.469 e. The topological polar surface area (TPSA) is 111 Å². The zero-order valence-electron chi connectivity index (χ0n) is 18.1. The number of benzene rings is 2. The Balaban J connectivity index is 1.45. The monoisotopic (exact) mass is 432 g/mol. The number of aryl methyl sites for hydroxylation is 2. The molecule has 0 saturated carbocycles. The maximum Gasteiger partial charge on any atom is 0.321 e. The molecule has 164 valence electrons. The van der Waals surface area contributed by atoms with Crippen LogP contribution in [0.15, 0.2) is 48.5 Å². The molecule has 2 heterocycles. The lowest BCUT2D eigenvalue weighted by Gasteiger charge is -2.16. The summed E-state index contributed by atoms with van der Waals surface area (Å²) in [5.74, 6) is -0.398. The number of nitrogens with zero attached hydrogens (tertiary/aromatic N) is 4. The van der Waals surface area contributed by atoms with Gasteiger partial charge in [0.2, 0.25) is 0 Å². The Morgan fingerprint density at radius 3 is 2.69 bits per heavy atom. The lowest BCUT2D eigenvalue weighted by atomic mass is 9.95. The van der Waals surface area contributed by atoms with Crippen LogP contribution in [-0.4, -0.2) is 45.2 Å². The highest BCUT2D eigenvalue weighted by atomic mass is 16.5. The van der Waals surface area contributed by atoms with Crippen LogP contribution in [-0.2, 0) is 16.0 Å². The van der Waals surface area contributed by atoms with Crippen LogP contribution in [0.25, 0.3) is 16.6 Å². The van der Waals surface area contributed by atoms with Crippen molar-refractivity contribution in [2.75, 3.05) is 19.0 Å². The van der Waals surface area contributed by atoms with Crippen LogP contribution in [0.3, 0.4) is 0 Å². The van der Waals surface area contributed by atoms with Gasteiger partial charge in [0.1, 0.15) is 0 Å². The highest BCUT2D eigenvalue weighted by Gasteiger charge is 2.22. The number of ether oxygens (including phenoxy) is 1. The molecule has 2 amide bonds. The van der Waals surface area contributed by atoms with Gasteiger partial charge >= 0.3 is 12.0 Å². The minimum absolute atomic E-state index is 0.103. The Hall–Kier alpha value is -4.01. The molecule has 4 rings (SSSR count). The average molecular weight is 432 g/mol. The van der Waals surface area contributed by atoms with Crippen LogP contribution in [0.1, 0.15) is 17.0 Å². The Morgan fingerprint density at radius 1 is 1.09 bits per heavy atom. The van der Waals surface area contributed by atoms with Crippen molar-refractivity contribution in [1.82, 2.24) is 24.9 Å². The first-order valence-electron chi connectivity index (χ1n) is 10.2. The second-order valence-electron chi connectivity index (χ2n) is 7.58. The standard InChI is InChI=1S/C23H24N6O3/c1-14-11-15(2)29-22(25-14)26-21(28-29)27-23(31)24-13-18(20(30)32-3)12-17-9-6-8-16-7-4-5-10-19(16)17/h4-11,18H,12-13H2,1-3H3,(H2,24,27,28,31). The molecule has 2 aromatic carbocycles. The molecule has 0 spiro atoms. The Labute approximate surface area is 184 Å². The van der Waals surface area contributed by atoms with Gasteiger partial charge in [-0.05, 0) is 42.7 Å². The minimum Gasteiger partial charge on any atom is -0.469 e. The predicted octanol–water partition coefficient (Wildman–Crippen LogP) is 3.05. The summed E-state index contributed by atoms with van der Waals surface area (Å²) in [5.41, 5.74) is 2.68. The highest BCUT2D eigenvalue weighted by molar-refractivity contribution is 5.88. The van der Waals surface area contributed by atoms with E-state index in [0.29, 0.717) is 12.2 Å². The molecule has 0 bridgehead atoms. The van der Waals surface area contributed by atoms with Crippen molar-refractivity contribution in [1.29, 1.82) is 0 Å². The SMILES string of the molecule is COC(=O)C(CNC(=O)Nc1nc2nc(C)cc(C)n2n1)Cc1cccc2ccccc12. The van der Waals surface area contributed by atoms with Crippen LogP contribution < -0.4 is 10.6 Å². The van der Waals surface area contributed by atoms with Crippen LogP contribution >= 0.6 is 0 Å². The third-order valence-corrected chi connectivity index (χ3v) is 5.23. The van der Waals surface area contributed by atoms with E-state index in [2.05, 4.69) is 25.7 Å². The van der Waals surface area contributed by atoms with Crippen LogP contribution in [0.2, 0.25) is 0 Å². The molecule has 0 fully saturated rings. The first-order valence-corrected chi connectivity index (χ1v) is 10.2. The lowest BCUT2D eigenvalue weighted by molar-refractivity contribution is -0.145. The second kappa shape index (κ2) is 9.01. The van der Waals surface area contributed by atoms with Crippen molar-refractivity contribution in [3.8, 4) is 0 Å². The number of rotatable bonds is 6. The summed E-state index contributed by atoms with van der Waals surface area (Å²) in [7, 11) is 1.34. The summed E-state index contributed by atoms with van der Waals surface area (Å²) in [6.07, 6.45) is 0.434. The molecule has 1 atom stereocenters. The maximum atomic E-state index is 12.4. The minimum atomic E-state index is -0.544. The van der Waals surface area contributed by atoms with Crippen molar-refractivity contribution >= 4 is 34.5 Å². The van der Waals surface area contributed by atoms with E-state index in [1.165, 1.54) is 7.11 Å². The fourth-order valence-corrected chi connectivity index (χ4v) is 3.72. The lowest BCUT2D eigenvalue weighted by Crippen LogP contribution is -2.37. The number of urea groups is 1. The Bertz CT molecular complexity index is 1290. The molecule has 0 aliphatic heterocycles. The van der Waals surface area contributed by atoms with Crippen molar-refractivity contribution in [2.45, 2.75) is 20.3 Å². The number of amides is 2. The van der Waals surface area contributed by atoms with Gasteiger partial charge in [0.05, 0.1) is 13.0 Å². The van der Waals surface area contributed by atoms with E-state index >= 15 is 0 Å². The molecular formula is C23H24N6O3. The molecule has 0 aliphatic rings. The van der Waals surface area contributed by atoms with Gasteiger partial charge in [-0.1, -0.05) is 42.5 Å². The van der Waals surface area contributed by atoms with Crippen LogP contribution in [0, 0.1) is 19.8 Å². The molecule has 4 aromatic rings. The average Bonchev–Trinajstić information content (AvgIpc) is 3.18. The predicted molar refractivity (Wildman–Crippen MR) is 120 cm³/mol. The number of carbonyl (C=O) groups is 2. The van der Waals surface area contributed by atoms with E-state index in [4.69, 9.17) is 4.74 Å². The van der Waals surface area contributed by atoms with Gasteiger partial charge in [0.25, 0.3) is 11.7 Å². The molecule has 0 saturated heterocycles. The number of aromatic nitrogens is 4. The van der Waals surface area contributed by atoms with Gasteiger partial charge in [-0.2, -0.15) is 9.50 Å². The molecular weight excluding hydrogens is 408 g/mol. The summed E-state index contributed by atoms with van der Waals surface area (Å²) in [6, 6.07) is 15.3. The van der Waals surface area contributed by atoms with Crippen LogP contribution in [0.4, 0.5) is 10.7 Å². The number of carbonyl (C=O) groups excluding carboxylic acids is 2. The van der Waals surface area contributed by atoms with Crippen molar-refractivity contribution in [3.05, 3.63) is 65.5 Å². The fourth-order valence-electron chi connectivity index (χ4n) is 3.72. The summed E-state index contributed by atoms with van der Waals surface area (Å²) >= 11 is 0. The number of methoxy groups -OCH3 is 1. The Kier molecular flexibility index (Phi) is 5.98. The summed E-state index contributed by atoms with van der Waals surface area (Å²) < 4.78 is 6.52. The Morgan fingerprint density at radius 2 is 1.88 bits per heavy atom. The summed E-state index contributed by atoms with van der Waals surface area (Å²) in [4.78, 5) is 33.4. The normalized spacial score (nSPS) is 12.0. The number of hydrogen-bond acceptors (Lipinski definition) is 6. The van der Waals surface area contributed by atoms with E-state index in [1.54, 1.807) is 4.52 Å². The molecule has 0 aliphatic carbocycles. The van der Waals surface area contributed by atoms with Gasteiger partial charge in [-0.3, -0.25) is 10.1 Å². The van der Waals surface area contributed by atoms with Gasteiger partial charge in [-0.25, -0.2) is 9.78 Å². The molecule has 9 heteroatoms. The van der Waals surface area contributed by atoms with Crippen molar-refractivity contribution in [3.63, 3.8) is 0 Å². The van der Waals surface area contributed by atoms with Crippen LogP contribution in [0.5, 0.6) is 0 Å². The fraction of sp³-hybridized carbons (Fsp3) is 0.261. The third kappa shape index (κ3) is 4.51. The van der Waals surface area contributed by atoms with Crippen molar-refractivity contribution < 1.29 is 14.3 Å². The third-order valence-electron chi connectivity index (χ3n) is 5.23. The van der Waals surface area contributed by atoms with Gasteiger partial charge in [0, 0.05) is 17.9 Å². The van der Waals surface area contributed by atoms with E-state index < -0.39 is 11.9 Å². The number of esters is 1. The molecule has 2 N–H and O–H groups in total. The number of fused-ring (bicyclic) bond motifs is 2. The zero-order chi connectivity index (χ0) is 22.7. The number of nitrogens with one attached hydrogen (secondary N) is 2. The summed E-state index contributed by atoms with van der Waals surface area (Å²) in [5, 5.41) is 11.7. The van der Waals surface area contributed by atoms with Crippen molar-refractivity contribution in [2.24, 2.45) is 5.92 Å². The first kappa shape index (κ1) is 21.2. The maximum absolute atomic E-state index is 12.4. The molecule has 2 aromatic heterocycles. The van der Waals surface area contributed by atoms with Gasteiger partial charge in [0.15, 0.2) is 0 Å². The first-order chi connectivity index (χ1) is 15.4. The van der Waals surface area contributed by atoms with Gasteiger partial charge < -0.3 is 10.1 Å². The zero-order valence-corrected chi connectivity index (χ0v) is 18.1. The molecule has 9 nitrogen and oxygen atoms in total. The molecule has 1 unspecified atom stereocenters. The number of anilines is 1. The number of hydrogen-bond donors (Lipinski definition) is 2. The molecule has 32 heavy (non-hydrogen) atoms. The highest BCUT2D eigenvalue weighted by Crippen LogP contribution is 2.21. The van der Waals surface area contributed by atoms with E-state index in [0.717, 1.165) is 27.7 Å². The molecule has 0 radical (unpaired) electrons. The van der Waals surface area contributed by atoms with E-state index in [9.17, 15) is 9.59 Å². The van der Waals surface area contributed by atoms with E-state index in [-0.39, 0.29) is 18.5 Å². The van der Waals surface area contributed by atoms with Gasteiger partial charge in [-0.15, -0.1) is 5.10 Å².